The number of piperazine rings is 1. The summed E-state index contributed by atoms with van der Waals surface area (Å²) >= 11 is 0. The predicted molar refractivity (Wildman–Crippen MR) is 135 cm³/mol. The van der Waals surface area contributed by atoms with Gasteiger partial charge in [0.25, 0.3) is 0 Å². The molecule has 3 unspecified atom stereocenters. The van der Waals surface area contributed by atoms with E-state index in [2.05, 4.69) is 16.0 Å². The third kappa shape index (κ3) is 6.50. The highest BCUT2D eigenvalue weighted by atomic mass is 16.2. The van der Waals surface area contributed by atoms with Crippen LogP contribution < -0.4 is 16.0 Å². The lowest BCUT2D eigenvalue weighted by Gasteiger charge is -2.41. The van der Waals surface area contributed by atoms with Crippen LogP contribution in [0.2, 0.25) is 0 Å². The monoisotopic (exact) mass is 465 g/mol. The molecule has 0 spiro atoms. The second kappa shape index (κ2) is 11.5. The van der Waals surface area contributed by atoms with Crippen molar-refractivity contribution in [1.82, 2.24) is 15.1 Å². The van der Waals surface area contributed by atoms with Crippen LogP contribution in [-0.4, -0.2) is 59.5 Å². The maximum atomic E-state index is 13.4. The lowest BCUT2D eigenvalue weighted by molar-refractivity contribution is -0.136. The van der Waals surface area contributed by atoms with Gasteiger partial charge in [-0.25, -0.2) is 9.59 Å². The molecule has 0 aliphatic carbocycles. The maximum absolute atomic E-state index is 13.4. The summed E-state index contributed by atoms with van der Waals surface area (Å²) in [7, 11) is 0. The molecular formula is C26H35N5O3. The Morgan fingerprint density at radius 2 is 1.62 bits per heavy atom. The standard InChI is InChI=1S/C26H35N5O3/c1-5-19(3)23(29-25(33)27-22-13-11-18(2)12-14-22)24(32)30-15-16-31(20(4)17-30)26(34)28-21-9-7-6-8-10-21/h6-14,19-20,23H,5,15-17H2,1-4H3,(H,28,34)(H2,27,29,33). The third-order valence-corrected chi connectivity index (χ3v) is 6.30. The molecule has 1 fully saturated rings. The minimum absolute atomic E-state index is 0.0361. The molecule has 182 valence electrons. The topological polar surface area (TPSA) is 93.8 Å². The Hall–Kier alpha value is -3.55. The smallest absolute Gasteiger partial charge is 0.322 e. The quantitative estimate of drug-likeness (QED) is 0.594. The average molecular weight is 466 g/mol. The van der Waals surface area contributed by atoms with Crippen molar-refractivity contribution in [3.05, 3.63) is 60.2 Å². The lowest BCUT2D eigenvalue weighted by Crippen LogP contribution is -2.60. The molecule has 0 saturated carbocycles. The average Bonchev–Trinajstić information content (AvgIpc) is 2.83. The largest absolute Gasteiger partial charge is 0.337 e. The number of amides is 5. The van der Waals surface area contributed by atoms with Gasteiger partial charge in [-0.2, -0.15) is 0 Å². The van der Waals surface area contributed by atoms with Crippen molar-refractivity contribution < 1.29 is 14.4 Å². The van der Waals surface area contributed by atoms with E-state index in [1.54, 1.807) is 9.80 Å². The molecule has 3 rings (SSSR count). The number of urea groups is 2. The Kier molecular flexibility index (Phi) is 8.51. The zero-order valence-corrected chi connectivity index (χ0v) is 20.4. The summed E-state index contributed by atoms with van der Waals surface area (Å²) in [6.45, 7) is 9.12. The van der Waals surface area contributed by atoms with Crippen LogP contribution in [0.15, 0.2) is 54.6 Å². The van der Waals surface area contributed by atoms with Gasteiger partial charge in [0.1, 0.15) is 6.04 Å². The third-order valence-electron chi connectivity index (χ3n) is 6.30. The zero-order valence-electron chi connectivity index (χ0n) is 20.4. The van der Waals surface area contributed by atoms with Crippen molar-refractivity contribution in [2.45, 2.75) is 46.2 Å². The number of anilines is 2. The van der Waals surface area contributed by atoms with Crippen molar-refractivity contribution in [3.63, 3.8) is 0 Å². The SMILES string of the molecule is CCC(C)C(NC(=O)Nc1ccc(C)cc1)C(=O)N1CCN(C(=O)Nc2ccccc2)C(C)C1. The molecule has 34 heavy (non-hydrogen) atoms. The highest BCUT2D eigenvalue weighted by Crippen LogP contribution is 2.17. The minimum Gasteiger partial charge on any atom is -0.337 e. The molecule has 0 bridgehead atoms. The molecule has 0 aromatic heterocycles. The number of carbonyl (C=O) groups is 3. The number of nitrogens with zero attached hydrogens (tertiary/aromatic N) is 2. The molecule has 3 N–H and O–H groups in total. The predicted octanol–water partition coefficient (Wildman–Crippen LogP) is 4.30. The van der Waals surface area contributed by atoms with Crippen LogP contribution in [0.25, 0.3) is 0 Å². The second-order valence-electron chi connectivity index (χ2n) is 8.95. The van der Waals surface area contributed by atoms with E-state index in [-0.39, 0.29) is 23.9 Å². The van der Waals surface area contributed by atoms with E-state index in [4.69, 9.17) is 0 Å². The first-order valence-corrected chi connectivity index (χ1v) is 11.8. The Balaban J connectivity index is 1.60. The molecule has 2 aromatic carbocycles. The van der Waals surface area contributed by atoms with Crippen LogP contribution in [0.3, 0.4) is 0 Å². The molecule has 1 heterocycles. The van der Waals surface area contributed by atoms with E-state index in [1.807, 2.05) is 82.3 Å². The lowest BCUT2D eigenvalue weighted by atomic mass is 9.97. The fraction of sp³-hybridized carbons (Fsp3) is 0.423. The minimum atomic E-state index is -0.646. The van der Waals surface area contributed by atoms with Gasteiger partial charge in [-0.3, -0.25) is 4.79 Å². The van der Waals surface area contributed by atoms with Gasteiger partial charge in [0.05, 0.1) is 0 Å². The van der Waals surface area contributed by atoms with Gasteiger partial charge in [0, 0.05) is 37.1 Å². The van der Waals surface area contributed by atoms with E-state index in [9.17, 15) is 14.4 Å². The number of hydrogen-bond donors (Lipinski definition) is 3. The summed E-state index contributed by atoms with van der Waals surface area (Å²) in [4.78, 5) is 42.3. The summed E-state index contributed by atoms with van der Waals surface area (Å²) in [6.07, 6.45) is 0.746. The van der Waals surface area contributed by atoms with Crippen molar-refractivity contribution in [3.8, 4) is 0 Å². The van der Waals surface area contributed by atoms with Gasteiger partial charge in [-0.05, 0) is 44.0 Å². The number of hydrogen-bond acceptors (Lipinski definition) is 3. The van der Waals surface area contributed by atoms with Gasteiger partial charge in [-0.1, -0.05) is 56.2 Å². The number of rotatable bonds is 6. The highest BCUT2D eigenvalue weighted by molar-refractivity contribution is 5.94. The van der Waals surface area contributed by atoms with E-state index >= 15 is 0 Å². The zero-order chi connectivity index (χ0) is 24.7. The molecule has 8 heteroatoms. The van der Waals surface area contributed by atoms with E-state index in [0.717, 1.165) is 17.7 Å². The number of nitrogens with one attached hydrogen (secondary N) is 3. The fourth-order valence-corrected chi connectivity index (χ4v) is 4.00. The van der Waals surface area contributed by atoms with Crippen LogP contribution in [0.5, 0.6) is 0 Å². The van der Waals surface area contributed by atoms with Gasteiger partial charge >= 0.3 is 12.1 Å². The molecule has 3 atom stereocenters. The molecule has 8 nitrogen and oxygen atoms in total. The van der Waals surface area contributed by atoms with E-state index in [0.29, 0.717) is 25.3 Å². The number of benzene rings is 2. The summed E-state index contributed by atoms with van der Waals surface area (Å²) in [5.74, 6) is -0.158. The molecule has 2 aromatic rings. The van der Waals surface area contributed by atoms with E-state index < -0.39 is 12.1 Å². The molecule has 1 saturated heterocycles. The fourth-order valence-electron chi connectivity index (χ4n) is 4.00. The van der Waals surface area contributed by atoms with Crippen LogP contribution in [-0.2, 0) is 4.79 Å². The molecular weight excluding hydrogens is 430 g/mol. The van der Waals surface area contributed by atoms with Crippen LogP contribution in [0, 0.1) is 12.8 Å². The Bertz CT molecular complexity index is 980. The summed E-state index contributed by atoms with van der Waals surface area (Å²) in [5.41, 5.74) is 2.51. The van der Waals surface area contributed by atoms with Crippen molar-refractivity contribution in [2.24, 2.45) is 5.92 Å². The molecule has 1 aliphatic rings. The number of carbonyl (C=O) groups excluding carboxylic acids is 3. The number of para-hydroxylation sites is 1. The van der Waals surface area contributed by atoms with Crippen molar-refractivity contribution >= 4 is 29.3 Å². The highest BCUT2D eigenvalue weighted by Gasteiger charge is 2.35. The summed E-state index contributed by atoms with van der Waals surface area (Å²) in [6, 6.07) is 15.4. The normalized spacial score (nSPS) is 17.5. The number of aryl methyl sites for hydroxylation is 1. The van der Waals surface area contributed by atoms with Gasteiger partial charge < -0.3 is 25.8 Å². The van der Waals surface area contributed by atoms with Crippen LogP contribution >= 0.6 is 0 Å². The second-order valence-corrected chi connectivity index (χ2v) is 8.95. The Labute approximate surface area is 201 Å². The first kappa shape index (κ1) is 25.1. The van der Waals surface area contributed by atoms with Crippen LogP contribution in [0.1, 0.15) is 32.8 Å². The Morgan fingerprint density at radius 1 is 0.971 bits per heavy atom. The van der Waals surface area contributed by atoms with Gasteiger partial charge in [-0.15, -0.1) is 0 Å². The van der Waals surface area contributed by atoms with Gasteiger partial charge in [0.2, 0.25) is 5.91 Å². The maximum Gasteiger partial charge on any atom is 0.322 e. The molecule has 0 radical (unpaired) electrons. The van der Waals surface area contributed by atoms with Gasteiger partial charge in [0.15, 0.2) is 0 Å². The first-order valence-electron chi connectivity index (χ1n) is 11.8. The summed E-state index contributed by atoms with van der Waals surface area (Å²) in [5, 5.41) is 8.59. The van der Waals surface area contributed by atoms with Crippen LogP contribution in [0.4, 0.5) is 21.0 Å². The molecule has 1 aliphatic heterocycles. The van der Waals surface area contributed by atoms with E-state index in [1.165, 1.54) is 0 Å². The molecule has 5 amide bonds. The summed E-state index contributed by atoms with van der Waals surface area (Å²) < 4.78 is 0. The van der Waals surface area contributed by atoms with Crippen molar-refractivity contribution in [1.29, 1.82) is 0 Å². The van der Waals surface area contributed by atoms with Crippen molar-refractivity contribution in [2.75, 3.05) is 30.3 Å². The first-order chi connectivity index (χ1) is 16.3. The Morgan fingerprint density at radius 3 is 2.24 bits per heavy atom.